The Labute approximate surface area is 131 Å². The number of nitro groups is 3. The average molecular weight is 330 g/mol. The van der Waals surface area contributed by atoms with Gasteiger partial charge in [0.2, 0.25) is 0 Å². The Morgan fingerprint density at radius 2 is 1.42 bits per heavy atom. The van der Waals surface area contributed by atoms with Crippen LogP contribution in [-0.2, 0) is 0 Å². The molecule has 0 atom stereocenters. The molecule has 2 aromatic rings. The molecule has 2 aromatic carbocycles. The summed E-state index contributed by atoms with van der Waals surface area (Å²) in [6.07, 6.45) is 0. The summed E-state index contributed by atoms with van der Waals surface area (Å²) in [6.45, 7) is 0. The van der Waals surface area contributed by atoms with Gasteiger partial charge in [-0.05, 0) is 11.6 Å². The monoisotopic (exact) mass is 330 g/mol. The summed E-state index contributed by atoms with van der Waals surface area (Å²) in [6, 6.07) is 5.35. The number of hydrogen-bond acceptors (Lipinski definition) is 8. The molecule has 0 aromatic heterocycles. The molecular formula is C13H6N4O7. The van der Waals surface area contributed by atoms with Gasteiger partial charge < -0.3 is 5.21 Å². The van der Waals surface area contributed by atoms with Crippen LogP contribution in [-0.4, -0.2) is 25.7 Å². The lowest BCUT2D eigenvalue weighted by atomic mass is 10.0. The van der Waals surface area contributed by atoms with Crippen molar-refractivity contribution in [3.8, 4) is 11.1 Å². The molecular weight excluding hydrogens is 324 g/mol. The highest BCUT2D eigenvalue weighted by atomic mass is 16.6. The number of hydrogen-bond donors (Lipinski definition) is 1. The van der Waals surface area contributed by atoms with Crippen molar-refractivity contribution in [3.63, 3.8) is 0 Å². The van der Waals surface area contributed by atoms with Crippen LogP contribution in [0, 0.1) is 30.3 Å². The van der Waals surface area contributed by atoms with E-state index < -0.39 is 26.1 Å². The number of nitrogens with zero attached hydrogens (tertiary/aromatic N) is 4. The molecule has 0 aliphatic heterocycles. The van der Waals surface area contributed by atoms with E-state index in [1.165, 1.54) is 6.07 Å². The van der Waals surface area contributed by atoms with E-state index in [2.05, 4.69) is 5.16 Å². The van der Waals surface area contributed by atoms with Crippen molar-refractivity contribution >= 4 is 22.8 Å². The minimum Gasteiger partial charge on any atom is -0.410 e. The zero-order chi connectivity index (χ0) is 17.6. The molecule has 1 aliphatic rings. The average Bonchev–Trinajstić information content (AvgIpc) is 2.86. The molecule has 0 unspecified atom stereocenters. The largest absolute Gasteiger partial charge is 0.410 e. The fraction of sp³-hybridized carbons (Fsp3) is 0. The number of nitro benzene ring substituents is 3. The lowest BCUT2D eigenvalue weighted by Gasteiger charge is -2.02. The SMILES string of the molecule is O=[N+]([O-])c1ccc2c(c1)/C(=N\O)c1cc([N+](=O)[O-])cc([N+](=O)[O-])c1-2. The molecule has 0 saturated carbocycles. The first-order valence-corrected chi connectivity index (χ1v) is 6.33. The van der Waals surface area contributed by atoms with Gasteiger partial charge in [0.1, 0.15) is 5.71 Å². The first-order chi connectivity index (χ1) is 11.3. The van der Waals surface area contributed by atoms with Gasteiger partial charge in [0, 0.05) is 29.3 Å². The maximum absolute atomic E-state index is 11.3. The lowest BCUT2D eigenvalue weighted by molar-refractivity contribution is -0.393. The molecule has 24 heavy (non-hydrogen) atoms. The summed E-state index contributed by atoms with van der Waals surface area (Å²) < 4.78 is 0. The van der Waals surface area contributed by atoms with E-state index in [9.17, 15) is 35.6 Å². The Balaban J connectivity index is 2.39. The molecule has 0 saturated heterocycles. The summed E-state index contributed by atoms with van der Waals surface area (Å²) in [5.41, 5.74) is -1.31. The molecule has 120 valence electrons. The van der Waals surface area contributed by atoms with E-state index in [0.717, 1.165) is 24.3 Å². The van der Waals surface area contributed by atoms with Crippen LogP contribution >= 0.6 is 0 Å². The molecule has 11 heteroatoms. The third kappa shape index (κ3) is 2.03. The van der Waals surface area contributed by atoms with Crippen LogP contribution < -0.4 is 0 Å². The molecule has 0 fully saturated rings. The third-order valence-electron chi connectivity index (χ3n) is 3.60. The van der Waals surface area contributed by atoms with Crippen molar-refractivity contribution in [3.05, 3.63) is 71.8 Å². The summed E-state index contributed by atoms with van der Waals surface area (Å²) >= 11 is 0. The Hall–Kier alpha value is -3.89. The highest BCUT2D eigenvalue weighted by Crippen LogP contribution is 2.45. The third-order valence-corrected chi connectivity index (χ3v) is 3.60. The van der Waals surface area contributed by atoms with Crippen molar-refractivity contribution in [1.82, 2.24) is 0 Å². The Morgan fingerprint density at radius 1 is 0.792 bits per heavy atom. The summed E-state index contributed by atoms with van der Waals surface area (Å²) in [5, 5.41) is 45.4. The van der Waals surface area contributed by atoms with Gasteiger partial charge in [0.05, 0.1) is 26.4 Å². The van der Waals surface area contributed by atoms with E-state index in [1.54, 1.807) is 0 Å². The van der Waals surface area contributed by atoms with Crippen LogP contribution in [0.4, 0.5) is 17.1 Å². The van der Waals surface area contributed by atoms with E-state index in [0.29, 0.717) is 0 Å². The van der Waals surface area contributed by atoms with Crippen molar-refractivity contribution in [2.45, 2.75) is 0 Å². The molecule has 0 amide bonds. The Morgan fingerprint density at radius 3 is 1.96 bits per heavy atom. The molecule has 0 heterocycles. The molecule has 3 rings (SSSR count). The predicted octanol–water partition coefficient (Wildman–Crippen LogP) is 2.62. The predicted molar refractivity (Wildman–Crippen MR) is 79.3 cm³/mol. The maximum atomic E-state index is 11.3. The highest BCUT2D eigenvalue weighted by Gasteiger charge is 2.36. The van der Waals surface area contributed by atoms with Gasteiger partial charge in [0.25, 0.3) is 17.1 Å². The van der Waals surface area contributed by atoms with Crippen LogP contribution in [0.2, 0.25) is 0 Å². The van der Waals surface area contributed by atoms with Crippen LogP contribution in [0.5, 0.6) is 0 Å². The second-order valence-corrected chi connectivity index (χ2v) is 4.84. The maximum Gasteiger partial charge on any atom is 0.284 e. The van der Waals surface area contributed by atoms with Crippen molar-refractivity contribution < 1.29 is 20.0 Å². The fourth-order valence-electron chi connectivity index (χ4n) is 2.64. The topological polar surface area (TPSA) is 162 Å². The smallest absolute Gasteiger partial charge is 0.284 e. The Bertz CT molecular complexity index is 967. The standard InChI is InChI=1S/C13H6N4O7/c18-14-13-9-3-6(15(19)20)1-2-8(9)12-10(13)4-7(16(21)22)5-11(12)17(23)24/h1-5,18H/b14-13+. The number of fused-ring (bicyclic) bond motifs is 3. The molecule has 1 aliphatic carbocycles. The molecule has 0 bridgehead atoms. The van der Waals surface area contributed by atoms with E-state index in [-0.39, 0.29) is 33.7 Å². The second kappa shape index (κ2) is 5.08. The first kappa shape index (κ1) is 15.0. The number of non-ortho nitro benzene ring substituents is 2. The zero-order valence-electron chi connectivity index (χ0n) is 11.6. The van der Waals surface area contributed by atoms with E-state index in [1.807, 2.05) is 0 Å². The normalized spacial score (nSPS) is 13.4. The second-order valence-electron chi connectivity index (χ2n) is 4.84. The van der Waals surface area contributed by atoms with E-state index >= 15 is 0 Å². The van der Waals surface area contributed by atoms with Crippen LogP contribution in [0.25, 0.3) is 11.1 Å². The quantitative estimate of drug-likeness (QED) is 0.438. The van der Waals surface area contributed by atoms with Crippen LogP contribution in [0.3, 0.4) is 0 Å². The number of benzene rings is 2. The summed E-state index contributed by atoms with van der Waals surface area (Å²) in [5.74, 6) is 0. The fourth-order valence-corrected chi connectivity index (χ4v) is 2.64. The summed E-state index contributed by atoms with van der Waals surface area (Å²) in [7, 11) is 0. The Kier molecular flexibility index (Phi) is 3.18. The number of oxime groups is 1. The van der Waals surface area contributed by atoms with Gasteiger partial charge in [-0.25, -0.2) is 0 Å². The van der Waals surface area contributed by atoms with Crippen LogP contribution in [0.15, 0.2) is 35.5 Å². The van der Waals surface area contributed by atoms with Crippen molar-refractivity contribution in [2.24, 2.45) is 5.16 Å². The van der Waals surface area contributed by atoms with Crippen LogP contribution in [0.1, 0.15) is 11.1 Å². The molecule has 11 nitrogen and oxygen atoms in total. The number of rotatable bonds is 3. The van der Waals surface area contributed by atoms with E-state index in [4.69, 9.17) is 0 Å². The minimum absolute atomic E-state index is 0.0169. The zero-order valence-corrected chi connectivity index (χ0v) is 11.6. The summed E-state index contributed by atoms with van der Waals surface area (Å²) in [4.78, 5) is 30.9. The van der Waals surface area contributed by atoms with Crippen molar-refractivity contribution in [1.29, 1.82) is 0 Å². The van der Waals surface area contributed by atoms with Gasteiger partial charge in [-0.15, -0.1) is 0 Å². The highest BCUT2D eigenvalue weighted by molar-refractivity contribution is 6.26. The minimum atomic E-state index is -0.812. The lowest BCUT2D eigenvalue weighted by Crippen LogP contribution is -2.01. The first-order valence-electron chi connectivity index (χ1n) is 6.33. The molecule has 1 N–H and O–H groups in total. The van der Waals surface area contributed by atoms with Crippen molar-refractivity contribution in [2.75, 3.05) is 0 Å². The van der Waals surface area contributed by atoms with Gasteiger partial charge >= 0.3 is 0 Å². The van der Waals surface area contributed by atoms with Gasteiger partial charge in [-0.3, -0.25) is 30.3 Å². The van der Waals surface area contributed by atoms with Gasteiger partial charge in [0.15, 0.2) is 0 Å². The molecule has 0 spiro atoms. The molecule has 0 radical (unpaired) electrons. The van der Waals surface area contributed by atoms with Gasteiger partial charge in [-0.1, -0.05) is 5.16 Å². The van der Waals surface area contributed by atoms with Gasteiger partial charge in [-0.2, -0.15) is 0 Å².